The highest BCUT2D eigenvalue weighted by Crippen LogP contribution is 2.32. The van der Waals surface area contributed by atoms with Crippen molar-refractivity contribution >= 4 is 22.3 Å². The molecular weight excluding hydrogens is 294 g/mol. The van der Waals surface area contributed by atoms with Crippen LogP contribution in [0.2, 0.25) is 0 Å². The normalized spacial score (nSPS) is 23.2. The first-order chi connectivity index (χ1) is 10.1. The molecule has 0 radical (unpaired) electrons. The molecule has 2 amide bonds. The molecule has 2 aliphatic heterocycles. The fourth-order valence-electron chi connectivity index (χ4n) is 2.59. The summed E-state index contributed by atoms with van der Waals surface area (Å²) in [6.45, 7) is 3.38. The van der Waals surface area contributed by atoms with Crippen LogP contribution < -0.4 is 0 Å². The quantitative estimate of drug-likeness (QED) is 0.677. The Morgan fingerprint density at radius 3 is 2.48 bits per heavy atom. The Bertz CT molecular complexity index is 596. The van der Waals surface area contributed by atoms with Crippen molar-refractivity contribution in [2.75, 3.05) is 32.4 Å². The molecule has 0 N–H and O–H groups in total. The first-order valence-electron chi connectivity index (χ1n) is 7.31. The fraction of sp³-hybridized carbons (Fsp3) is 0.692. The summed E-state index contributed by atoms with van der Waals surface area (Å²) in [5, 5.41) is 0. The molecule has 1 saturated heterocycles. The molecule has 1 fully saturated rings. The molecule has 2 aliphatic rings. The largest absolute Gasteiger partial charge is 0.345 e. The van der Waals surface area contributed by atoms with Crippen LogP contribution in [0.4, 0.5) is 0 Å². The van der Waals surface area contributed by atoms with Crippen molar-refractivity contribution in [3.05, 3.63) is 12.4 Å². The van der Waals surface area contributed by atoms with Crippen LogP contribution in [-0.4, -0.2) is 67.3 Å². The van der Waals surface area contributed by atoms with E-state index in [9.17, 15) is 18.0 Å². The summed E-state index contributed by atoms with van der Waals surface area (Å²) >= 11 is 0. The molecule has 0 aromatic rings. The van der Waals surface area contributed by atoms with E-state index in [1.807, 2.05) is 6.92 Å². The predicted molar refractivity (Wildman–Crippen MR) is 77.4 cm³/mol. The molecule has 21 heavy (non-hydrogen) atoms. The Morgan fingerprint density at radius 2 is 2.00 bits per heavy atom. The van der Waals surface area contributed by atoms with Gasteiger partial charge in [0.2, 0.25) is 22.3 Å². The molecule has 118 valence electrons. The van der Waals surface area contributed by atoms with Gasteiger partial charge in [-0.15, -0.1) is 0 Å². The van der Waals surface area contributed by atoms with Crippen molar-refractivity contribution < 1.29 is 19.4 Å². The van der Waals surface area contributed by atoms with E-state index in [2.05, 4.69) is 0 Å². The average molecular weight is 317 g/mol. The van der Waals surface area contributed by atoms with Crippen LogP contribution >= 0.6 is 0 Å². The molecule has 7 nitrogen and oxygen atoms in total. The minimum absolute atomic E-state index is 0.140. The summed E-state index contributed by atoms with van der Waals surface area (Å²) in [7, 11) is -3.41. The molecule has 2 heterocycles. The number of piperidine rings is 1. The van der Waals surface area contributed by atoms with Crippen molar-refractivity contribution in [2.45, 2.75) is 19.8 Å². The van der Waals surface area contributed by atoms with E-state index in [1.54, 1.807) is 4.90 Å². The van der Waals surface area contributed by atoms with Gasteiger partial charge in [-0.05, 0) is 18.3 Å². The smallest absolute Gasteiger partial charge is 0.247 e. The van der Waals surface area contributed by atoms with Gasteiger partial charge in [0.1, 0.15) is 7.92 Å². The molecule has 0 aromatic carbocycles. The lowest BCUT2D eigenvalue weighted by Crippen LogP contribution is -2.48. The number of carbonyl (C=O) groups is 2. The van der Waals surface area contributed by atoms with Gasteiger partial charge in [0.25, 0.3) is 0 Å². The second-order valence-electron chi connectivity index (χ2n) is 6.02. The second-order valence-corrected chi connectivity index (χ2v) is 7.95. The van der Waals surface area contributed by atoms with Crippen LogP contribution in [0.15, 0.2) is 12.4 Å². The van der Waals surface area contributed by atoms with Crippen LogP contribution in [0.25, 0.3) is 0 Å². The zero-order chi connectivity index (χ0) is 16.5. The Balaban J connectivity index is 2.00. The van der Waals surface area contributed by atoms with Crippen LogP contribution in [0.1, 0.15) is 21.1 Å². The summed E-state index contributed by atoms with van der Waals surface area (Å²) in [5.41, 5.74) is -0.140. The first-order valence-corrected chi connectivity index (χ1v) is 8.66. The van der Waals surface area contributed by atoms with Crippen molar-refractivity contribution in [3.8, 4) is 0 Å². The lowest BCUT2D eigenvalue weighted by molar-refractivity contribution is -0.131. The molecule has 0 unspecified atom stereocenters. The summed E-state index contributed by atoms with van der Waals surface area (Å²) in [6.07, 6.45) is 4.73. The standard InChI is InChI=1S/C13H21N3O4S/c1-13(3-5-14(11-17)6-4-13)10-15-7-8-16(9-12(15)18)21(2,19)20/h7-8,11H,3-6,9-10H2,1-2H3/i11T. The van der Waals surface area contributed by atoms with Gasteiger partial charge in [-0.25, -0.2) is 8.42 Å². The van der Waals surface area contributed by atoms with Crippen molar-refractivity contribution in [1.29, 1.82) is 0 Å². The van der Waals surface area contributed by atoms with Crippen molar-refractivity contribution in [1.82, 2.24) is 14.1 Å². The van der Waals surface area contributed by atoms with Crippen LogP contribution in [0.5, 0.6) is 0 Å². The van der Waals surface area contributed by atoms with E-state index in [0.29, 0.717) is 32.5 Å². The number of nitrogens with zero attached hydrogens (tertiary/aromatic N) is 3. The van der Waals surface area contributed by atoms with Crippen molar-refractivity contribution in [2.24, 2.45) is 5.41 Å². The minimum Gasteiger partial charge on any atom is -0.345 e. The highest BCUT2D eigenvalue weighted by atomic mass is 32.2. The molecule has 0 bridgehead atoms. The Morgan fingerprint density at radius 1 is 1.38 bits per heavy atom. The zero-order valence-corrected chi connectivity index (χ0v) is 13.1. The number of rotatable bonds is 3. The Labute approximate surface area is 126 Å². The van der Waals surface area contributed by atoms with Gasteiger partial charge in [-0.3, -0.25) is 13.9 Å². The third-order valence-electron chi connectivity index (χ3n) is 4.10. The average Bonchev–Trinajstić information content (AvgIpc) is 2.40. The third-order valence-corrected chi connectivity index (χ3v) is 5.20. The first kappa shape index (κ1) is 14.4. The van der Waals surface area contributed by atoms with Gasteiger partial charge < -0.3 is 9.80 Å². The zero-order valence-electron chi connectivity index (χ0n) is 13.3. The topological polar surface area (TPSA) is 78.0 Å². The highest BCUT2D eigenvalue weighted by Gasteiger charge is 2.34. The number of hydrogen-bond donors (Lipinski definition) is 0. The van der Waals surface area contributed by atoms with Gasteiger partial charge >= 0.3 is 0 Å². The molecule has 0 aromatic heterocycles. The van der Waals surface area contributed by atoms with E-state index in [0.717, 1.165) is 10.6 Å². The van der Waals surface area contributed by atoms with Gasteiger partial charge in [0, 0.05) is 32.0 Å². The van der Waals surface area contributed by atoms with E-state index in [1.165, 1.54) is 17.3 Å². The minimum atomic E-state index is -3.41. The predicted octanol–water partition coefficient (Wildman–Crippen LogP) is -0.180. The van der Waals surface area contributed by atoms with Gasteiger partial charge in [-0.1, -0.05) is 6.92 Å². The maximum atomic E-state index is 12.1. The van der Waals surface area contributed by atoms with E-state index in [4.69, 9.17) is 1.37 Å². The third kappa shape index (κ3) is 3.75. The van der Waals surface area contributed by atoms with Gasteiger partial charge in [0.15, 0.2) is 0 Å². The summed E-state index contributed by atoms with van der Waals surface area (Å²) in [6, 6.07) is 0. The lowest BCUT2D eigenvalue weighted by Gasteiger charge is -2.41. The number of amides is 2. The lowest BCUT2D eigenvalue weighted by atomic mass is 9.80. The molecule has 2 rings (SSSR count). The Hall–Kier alpha value is -1.57. The SMILES string of the molecule is [3H]C(=O)N1CCC(C)(CN2C=CN(S(C)(=O)=O)CC2=O)CC1. The van der Waals surface area contributed by atoms with Crippen LogP contribution in [0.3, 0.4) is 0 Å². The maximum absolute atomic E-state index is 12.1. The highest BCUT2D eigenvalue weighted by molar-refractivity contribution is 7.88. The number of hydrogen-bond acceptors (Lipinski definition) is 4. The van der Waals surface area contributed by atoms with Gasteiger partial charge in [-0.2, -0.15) is 0 Å². The Kier molecular flexibility index (Phi) is 3.88. The second kappa shape index (κ2) is 5.67. The van der Waals surface area contributed by atoms with E-state index < -0.39 is 16.4 Å². The van der Waals surface area contributed by atoms with Crippen LogP contribution in [0, 0.1) is 5.41 Å². The van der Waals surface area contributed by atoms with Crippen molar-refractivity contribution in [3.63, 3.8) is 0 Å². The van der Waals surface area contributed by atoms with Crippen LogP contribution in [-0.2, 0) is 19.6 Å². The molecular formula is C13H21N3O4S. The molecule has 0 saturated carbocycles. The van der Waals surface area contributed by atoms with Gasteiger partial charge in [0.05, 0.1) is 6.26 Å². The number of sulfonamides is 1. The number of likely N-dealkylation sites (tertiary alicyclic amines) is 1. The fourth-order valence-corrected chi connectivity index (χ4v) is 3.21. The summed E-state index contributed by atoms with van der Waals surface area (Å²) in [5.74, 6) is -0.256. The number of carbonyl (C=O) groups excluding carboxylic acids is 2. The molecule has 0 aliphatic carbocycles. The van der Waals surface area contributed by atoms with E-state index in [-0.39, 0.29) is 17.9 Å². The molecule has 0 spiro atoms. The molecule has 8 heteroatoms. The van der Waals surface area contributed by atoms with E-state index >= 15 is 0 Å². The molecule has 0 atom stereocenters. The monoisotopic (exact) mass is 317 g/mol. The summed E-state index contributed by atoms with van der Waals surface area (Å²) in [4.78, 5) is 26.2. The maximum Gasteiger partial charge on any atom is 0.247 e. The summed E-state index contributed by atoms with van der Waals surface area (Å²) < 4.78 is 31.0.